The summed E-state index contributed by atoms with van der Waals surface area (Å²) in [6.45, 7) is -2.19. The molecule has 5 atom stereocenters. The number of carbonyl (C=O) groups is 5. The molecule has 258 valence electrons. The standard InChI is InChI=1S/C31H34F4N6O7/c32-22-9-6-7-18-13-40(15-21(18)22)29(46)48-20-11-24-25(42)39-30(27(44)37-17-36)12-19(30)8-4-2-1-3-5-10-23(26(43)41(24)14-20)38-28(45)47-16-31(33,34)35/h4,6-9,19-20,23-24H,1-3,5,10-16H2,(H,37,44)(H,38,45)(H,39,42)/t19-,20-,23+,24?,30-/m1/s1. The van der Waals surface area contributed by atoms with Crippen LogP contribution in [0.15, 0.2) is 30.4 Å². The molecule has 1 aliphatic carbocycles. The van der Waals surface area contributed by atoms with Crippen LogP contribution in [0.5, 0.6) is 0 Å². The average molecular weight is 679 g/mol. The fourth-order valence-electron chi connectivity index (χ4n) is 6.39. The number of rotatable bonds is 4. The van der Waals surface area contributed by atoms with Gasteiger partial charge < -0.3 is 25.0 Å². The van der Waals surface area contributed by atoms with Crippen molar-refractivity contribution in [1.29, 1.82) is 5.26 Å². The Bertz CT molecular complexity index is 1530. The number of halogens is 4. The summed E-state index contributed by atoms with van der Waals surface area (Å²) in [7, 11) is 0. The van der Waals surface area contributed by atoms with Crippen molar-refractivity contribution in [2.45, 2.75) is 87.9 Å². The molecule has 0 aromatic heterocycles. The molecule has 0 bridgehead atoms. The van der Waals surface area contributed by atoms with Gasteiger partial charge in [0.15, 0.2) is 12.8 Å². The Morgan fingerprint density at radius 2 is 1.94 bits per heavy atom. The maximum Gasteiger partial charge on any atom is 0.422 e. The van der Waals surface area contributed by atoms with E-state index in [1.807, 2.05) is 6.08 Å². The summed E-state index contributed by atoms with van der Waals surface area (Å²) in [6, 6.07) is 1.74. The highest BCUT2D eigenvalue weighted by atomic mass is 19.4. The third-order valence-corrected chi connectivity index (χ3v) is 8.92. The highest BCUT2D eigenvalue weighted by molar-refractivity contribution is 5.98. The molecule has 17 heteroatoms. The number of nitrogens with zero attached hydrogens (tertiary/aromatic N) is 3. The highest BCUT2D eigenvalue weighted by Crippen LogP contribution is 2.45. The monoisotopic (exact) mass is 678 g/mol. The predicted molar refractivity (Wildman–Crippen MR) is 155 cm³/mol. The first-order chi connectivity index (χ1) is 22.8. The number of carbonyl (C=O) groups excluding carboxylic acids is 5. The summed E-state index contributed by atoms with van der Waals surface area (Å²) in [5.41, 5.74) is -0.540. The van der Waals surface area contributed by atoms with Gasteiger partial charge in [0.05, 0.1) is 13.1 Å². The van der Waals surface area contributed by atoms with Gasteiger partial charge in [-0.2, -0.15) is 18.4 Å². The van der Waals surface area contributed by atoms with Crippen LogP contribution in [0, 0.1) is 23.2 Å². The van der Waals surface area contributed by atoms with Crippen LogP contribution in [0.25, 0.3) is 0 Å². The molecule has 3 heterocycles. The van der Waals surface area contributed by atoms with E-state index in [4.69, 9.17) is 10.00 Å². The molecule has 13 nitrogen and oxygen atoms in total. The van der Waals surface area contributed by atoms with Gasteiger partial charge >= 0.3 is 18.4 Å². The first-order valence-electron chi connectivity index (χ1n) is 15.5. The van der Waals surface area contributed by atoms with E-state index in [2.05, 4.69) is 20.7 Å². The molecule has 1 unspecified atom stereocenters. The van der Waals surface area contributed by atoms with Crippen molar-refractivity contribution in [3.8, 4) is 6.19 Å². The van der Waals surface area contributed by atoms with Crippen molar-refractivity contribution in [2.75, 3.05) is 13.2 Å². The number of alkyl halides is 3. The highest BCUT2D eigenvalue weighted by Gasteiger charge is 2.61. The van der Waals surface area contributed by atoms with E-state index in [0.29, 0.717) is 36.8 Å². The summed E-state index contributed by atoms with van der Waals surface area (Å²) in [5.74, 6) is -3.29. The van der Waals surface area contributed by atoms with Crippen LogP contribution in [0.1, 0.15) is 56.1 Å². The molecule has 0 spiro atoms. The predicted octanol–water partition coefficient (Wildman–Crippen LogP) is 2.90. The number of nitrogens with one attached hydrogen (secondary N) is 3. The molecule has 2 fully saturated rings. The van der Waals surface area contributed by atoms with Gasteiger partial charge in [-0.25, -0.2) is 14.0 Å². The Hall–Kier alpha value is -4.88. The number of allylic oxidation sites excluding steroid dienone is 1. The van der Waals surface area contributed by atoms with Crippen molar-refractivity contribution >= 4 is 29.9 Å². The van der Waals surface area contributed by atoms with E-state index < -0.39 is 78.2 Å². The molecule has 4 aliphatic rings. The zero-order chi connectivity index (χ0) is 34.6. The fraction of sp³-hybridized carbons (Fsp3) is 0.548. The average Bonchev–Trinajstić information content (AvgIpc) is 3.33. The van der Waals surface area contributed by atoms with Gasteiger partial charge in [0.1, 0.15) is 29.5 Å². The van der Waals surface area contributed by atoms with Gasteiger partial charge in [-0.15, -0.1) is 0 Å². The Morgan fingerprint density at radius 3 is 2.67 bits per heavy atom. The first kappa shape index (κ1) is 34.5. The third-order valence-electron chi connectivity index (χ3n) is 8.92. The van der Waals surface area contributed by atoms with Gasteiger partial charge in [-0.1, -0.05) is 37.1 Å². The fourth-order valence-corrected chi connectivity index (χ4v) is 6.39. The third kappa shape index (κ3) is 7.80. The smallest absolute Gasteiger partial charge is 0.422 e. The quantitative estimate of drug-likeness (QED) is 0.189. The number of hydrogen-bond acceptors (Lipinski definition) is 8. The first-order valence-corrected chi connectivity index (χ1v) is 15.5. The van der Waals surface area contributed by atoms with Gasteiger partial charge in [-0.3, -0.25) is 24.6 Å². The lowest BCUT2D eigenvalue weighted by Crippen LogP contribution is -2.57. The lowest BCUT2D eigenvalue weighted by Gasteiger charge is -2.29. The van der Waals surface area contributed by atoms with Crippen molar-refractivity contribution in [2.24, 2.45) is 5.92 Å². The van der Waals surface area contributed by atoms with Crippen molar-refractivity contribution < 1.29 is 51.0 Å². The molecular formula is C31H34F4N6O7. The zero-order valence-electron chi connectivity index (χ0n) is 25.7. The number of amides is 5. The van der Waals surface area contributed by atoms with Crippen LogP contribution >= 0.6 is 0 Å². The van der Waals surface area contributed by atoms with E-state index in [1.54, 1.807) is 18.3 Å². The van der Waals surface area contributed by atoms with Crippen LogP contribution in [-0.2, 0) is 36.9 Å². The van der Waals surface area contributed by atoms with Gasteiger partial charge in [0.25, 0.3) is 5.91 Å². The lowest BCUT2D eigenvalue weighted by molar-refractivity contribution is -0.160. The molecule has 48 heavy (non-hydrogen) atoms. The second kappa shape index (κ2) is 14.1. The van der Waals surface area contributed by atoms with Gasteiger partial charge in [0.2, 0.25) is 11.8 Å². The van der Waals surface area contributed by atoms with E-state index in [9.17, 15) is 41.5 Å². The molecule has 1 saturated heterocycles. The minimum Gasteiger partial charge on any atom is -0.444 e. The van der Waals surface area contributed by atoms with Crippen molar-refractivity contribution in [3.63, 3.8) is 0 Å². The van der Waals surface area contributed by atoms with Crippen molar-refractivity contribution in [3.05, 3.63) is 47.3 Å². The maximum atomic E-state index is 14.3. The molecule has 3 aliphatic heterocycles. The molecule has 5 rings (SSSR count). The number of alkyl carbamates (subject to hydrolysis) is 1. The van der Waals surface area contributed by atoms with Crippen LogP contribution in [0.3, 0.4) is 0 Å². The Morgan fingerprint density at radius 1 is 1.15 bits per heavy atom. The largest absolute Gasteiger partial charge is 0.444 e. The molecule has 3 N–H and O–H groups in total. The second-order valence-corrected chi connectivity index (χ2v) is 12.3. The van der Waals surface area contributed by atoms with Gasteiger partial charge in [-0.05, 0) is 37.3 Å². The maximum absolute atomic E-state index is 14.3. The molecule has 5 amide bonds. The molecule has 0 radical (unpaired) electrons. The van der Waals surface area contributed by atoms with Crippen molar-refractivity contribution in [1.82, 2.24) is 25.8 Å². The van der Waals surface area contributed by atoms with E-state index >= 15 is 0 Å². The summed E-state index contributed by atoms with van der Waals surface area (Å²) < 4.78 is 62.3. The zero-order valence-corrected chi connectivity index (χ0v) is 25.7. The van der Waals surface area contributed by atoms with Gasteiger partial charge in [0, 0.05) is 24.4 Å². The van der Waals surface area contributed by atoms with Crippen LogP contribution in [0.4, 0.5) is 27.2 Å². The normalized spacial score (nSPS) is 27.2. The van der Waals surface area contributed by atoms with Crippen LogP contribution in [0.2, 0.25) is 0 Å². The Kier molecular flexibility index (Phi) is 10.1. The molecular weight excluding hydrogens is 644 g/mol. The Balaban J connectivity index is 1.38. The minimum atomic E-state index is -4.80. The number of ether oxygens (including phenoxy) is 2. The topological polar surface area (TPSA) is 170 Å². The van der Waals surface area contributed by atoms with Crippen LogP contribution < -0.4 is 16.0 Å². The SMILES string of the molecule is N#CNC(=O)[C@@]12C[C@H]1C=CCCCCC[C@H](NC(=O)OCC(F)(F)F)C(=O)N1C[C@H](OC(=O)N3Cc4cccc(F)c4C3)CC1C(=O)N2. The lowest BCUT2D eigenvalue weighted by atomic mass is 10.1. The second-order valence-electron chi connectivity index (χ2n) is 12.3. The Labute approximate surface area is 272 Å². The van der Waals surface area contributed by atoms with E-state index in [0.717, 1.165) is 4.90 Å². The number of fused-ring (bicyclic) bond motifs is 3. The van der Waals surface area contributed by atoms with E-state index in [1.165, 1.54) is 17.0 Å². The molecule has 1 saturated carbocycles. The summed E-state index contributed by atoms with van der Waals surface area (Å²) in [4.78, 5) is 68.5. The minimum absolute atomic E-state index is 0.00764. The number of benzene rings is 1. The summed E-state index contributed by atoms with van der Waals surface area (Å²) in [6.07, 6.45) is -0.807. The van der Waals surface area contributed by atoms with Crippen LogP contribution in [-0.4, -0.2) is 82.8 Å². The van der Waals surface area contributed by atoms with E-state index in [-0.39, 0.29) is 38.9 Å². The molecule has 1 aromatic rings. The summed E-state index contributed by atoms with van der Waals surface area (Å²) in [5, 5.41) is 16.0. The molecule has 1 aromatic carbocycles. The number of nitriles is 1. The summed E-state index contributed by atoms with van der Waals surface area (Å²) >= 11 is 0. The number of hydrogen-bond donors (Lipinski definition) is 3.